The van der Waals surface area contributed by atoms with Gasteiger partial charge in [-0.3, -0.25) is 14.7 Å². The number of carbonyl (C=O) groups is 1. The molecule has 0 unspecified atom stereocenters. The number of carboxylic acids is 1. The van der Waals surface area contributed by atoms with E-state index in [0.29, 0.717) is 19.6 Å². The van der Waals surface area contributed by atoms with Crippen LogP contribution in [0.2, 0.25) is 0 Å². The molecule has 1 aromatic rings. The fourth-order valence-corrected chi connectivity index (χ4v) is 1.32. The minimum absolute atomic E-state index is 0.0918. The van der Waals surface area contributed by atoms with Gasteiger partial charge in [-0.2, -0.15) is 0 Å². The van der Waals surface area contributed by atoms with Crippen LogP contribution in [0.15, 0.2) is 24.4 Å². The van der Waals surface area contributed by atoms with Crippen molar-refractivity contribution in [3.63, 3.8) is 0 Å². The summed E-state index contributed by atoms with van der Waals surface area (Å²) in [6.07, 6.45) is 7.03. The predicted octanol–water partition coefficient (Wildman–Crippen LogP) is 0.992. The maximum Gasteiger partial charge on any atom is 0.304 e. The van der Waals surface area contributed by atoms with Crippen LogP contribution < -0.4 is 0 Å². The molecular formula is C12H14N2O2. The van der Waals surface area contributed by atoms with E-state index in [4.69, 9.17) is 11.5 Å². The van der Waals surface area contributed by atoms with E-state index in [1.54, 1.807) is 6.20 Å². The average Bonchev–Trinajstić information content (AvgIpc) is 2.27. The first-order chi connectivity index (χ1) is 7.72. The zero-order valence-corrected chi connectivity index (χ0v) is 8.97. The molecule has 0 aromatic carbocycles. The first kappa shape index (κ1) is 12.2. The Morgan fingerprint density at radius 2 is 2.38 bits per heavy atom. The van der Waals surface area contributed by atoms with Crippen molar-refractivity contribution in [3.05, 3.63) is 30.1 Å². The van der Waals surface area contributed by atoms with E-state index in [1.165, 1.54) is 0 Å². The van der Waals surface area contributed by atoms with E-state index < -0.39 is 5.97 Å². The van der Waals surface area contributed by atoms with Gasteiger partial charge in [0.2, 0.25) is 0 Å². The minimum Gasteiger partial charge on any atom is -0.481 e. The highest BCUT2D eigenvalue weighted by Crippen LogP contribution is 2.01. The molecule has 0 aliphatic carbocycles. The minimum atomic E-state index is -0.817. The molecule has 1 heterocycles. The summed E-state index contributed by atoms with van der Waals surface area (Å²) in [7, 11) is 0. The number of hydrogen-bond donors (Lipinski definition) is 1. The third-order valence-corrected chi connectivity index (χ3v) is 2.07. The van der Waals surface area contributed by atoms with Crippen molar-refractivity contribution in [1.82, 2.24) is 9.88 Å². The number of aliphatic carboxylic acids is 1. The Kier molecular flexibility index (Phi) is 5.03. The number of carboxylic acid groups (broad SMARTS) is 1. The van der Waals surface area contributed by atoms with Crippen LogP contribution in [0.3, 0.4) is 0 Å². The average molecular weight is 218 g/mol. The molecule has 4 heteroatoms. The van der Waals surface area contributed by atoms with E-state index in [1.807, 2.05) is 23.1 Å². The van der Waals surface area contributed by atoms with Crippen LogP contribution in [0, 0.1) is 12.3 Å². The van der Waals surface area contributed by atoms with Crippen LogP contribution in [0.25, 0.3) is 0 Å². The number of nitrogens with zero attached hydrogens (tertiary/aromatic N) is 2. The standard InChI is InChI=1S/C12H14N2O2/c1-2-8-14(9-6-12(15)16)10-11-5-3-4-7-13-11/h1,3-5,7H,6,8-10H2,(H,15,16). The second kappa shape index (κ2) is 6.59. The summed E-state index contributed by atoms with van der Waals surface area (Å²) in [5.74, 6) is 1.70. The van der Waals surface area contributed by atoms with Crippen LogP contribution in [0.4, 0.5) is 0 Å². The molecule has 1 rings (SSSR count). The van der Waals surface area contributed by atoms with E-state index in [0.717, 1.165) is 5.69 Å². The number of aromatic nitrogens is 1. The lowest BCUT2D eigenvalue weighted by atomic mass is 10.3. The largest absolute Gasteiger partial charge is 0.481 e. The second-order valence-electron chi connectivity index (χ2n) is 3.38. The quantitative estimate of drug-likeness (QED) is 0.723. The normalized spacial score (nSPS) is 10.0. The molecule has 0 bridgehead atoms. The number of rotatable bonds is 6. The Bertz CT molecular complexity index is 370. The van der Waals surface area contributed by atoms with Crippen molar-refractivity contribution < 1.29 is 9.90 Å². The molecule has 1 N–H and O–H groups in total. The molecule has 0 saturated heterocycles. The van der Waals surface area contributed by atoms with Gasteiger partial charge in [0.15, 0.2) is 0 Å². The molecule has 0 fully saturated rings. The summed E-state index contributed by atoms with van der Waals surface area (Å²) in [4.78, 5) is 16.5. The van der Waals surface area contributed by atoms with Crippen molar-refractivity contribution in [2.45, 2.75) is 13.0 Å². The van der Waals surface area contributed by atoms with Crippen molar-refractivity contribution in [3.8, 4) is 12.3 Å². The van der Waals surface area contributed by atoms with E-state index in [9.17, 15) is 4.79 Å². The lowest BCUT2D eigenvalue weighted by Crippen LogP contribution is -2.26. The topological polar surface area (TPSA) is 53.4 Å². The first-order valence-electron chi connectivity index (χ1n) is 5.00. The molecule has 0 saturated carbocycles. The van der Waals surface area contributed by atoms with Gasteiger partial charge in [-0.1, -0.05) is 12.0 Å². The van der Waals surface area contributed by atoms with Crippen molar-refractivity contribution >= 4 is 5.97 Å². The SMILES string of the molecule is C#CCN(CCC(=O)O)Cc1ccccn1. The van der Waals surface area contributed by atoms with E-state index in [2.05, 4.69) is 10.9 Å². The van der Waals surface area contributed by atoms with E-state index >= 15 is 0 Å². The Balaban J connectivity index is 2.51. The van der Waals surface area contributed by atoms with Gasteiger partial charge in [0, 0.05) is 19.3 Å². The molecule has 0 radical (unpaired) electrons. The first-order valence-corrected chi connectivity index (χ1v) is 5.00. The number of pyridine rings is 1. The fourth-order valence-electron chi connectivity index (χ4n) is 1.32. The molecular weight excluding hydrogens is 204 g/mol. The summed E-state index contributed by atoms with van der Waals surface area (Å²) in [6, 6.07) is 5.63. The van der Waals surface area contributed by atoms with Gasteiger partial charge < -0.3 is 5.11 Å². The summed E-state index contributed by atoms with van der Waals surface area (Å²) in [5.41, 5.74) is 0.892. The lowest BCUT2D eigenvalue weighted by molar-refractivity contribution is -0.137. The van der Waals surface area contributed by atoms with Crippen LogP contribution >= 0.6 is 0 Å². The highest BCUT2D eigenvalue weighted by molar-refractivity contribution is 5.66. The monoisotopic (exact) mass is 218 g/mol. The van der Waals surface area contributed by atoms with Crippen LogP contribution in [0.5, 0.6) is 0 Å². The van der Waals surface area contributed by atoms with Gasteiger partial charge in [-0.25, -0.2) is 0 Å². The lowest BCUT2D eigenvalue weighted by Gasteiger charge is -2.17. The third-order valence-electron chi connectivity index (χ3n) is 2.07. The molecule has 84 valence electrons. The highest BCUT2D eigenvalue weighted by atomic mass is 16.4. The van der Waals surface area contributed by atoms with Gasteiger partial charge in [-0.15, -0.1) is 6.42 Å². The van der Waals surface area contributed by atoms with Gasteiger partial charge in [0.25, 0.3) is 0 Å². The molecule has 1 aromatic heterocycles. The Hall–Kier alpha value is -1.86. The van der Waals surface area contributed by atoms with Crippen LogP contribution in [-0.4, -0.2) is 34.0 Å². The van der Waals surface area contributed by atoms with Crippen LogP contribution in [-0.2, 0) is 11.3 Å². The molecule has 0 aliphatic heterocycles. The zero-order chi connectivity index (χ0) is 11.8. The highest BCUT2D eigenvalue weighted by Gasteiger charge is 2.07. The van der Waals surface area contributed by atoms with Gasteiger partial charge in [0.05, 0.1) is 18.7 Å². The fraction of sp³-hybridized carbons (Fsp3) is 0.333. The van der Waals surface area contributed by atoms with Crippen molar-refractivity contribution in [2.75, 3.05) is 13.1 Å². The van der Waals surface area contributed by atoms with E-state index in [-0.39, 0.29) is 6.42 Å². The van der Waals surface area contributed by atoms with Crippen molar-refractivity contribution in [1.29, 1.82) is 0 Å². The summed E-state index contributed by atoms with van der Waals surface area (Å²) in [5, 5.41) is 8.60. The van der Waals surface area contributed by atoms with Gasteiger partial charge in [0.1, 0.15) is 0 Å². The summed E-state index contributed by atoms with van der Waals surface area (Å²) >= 11 is 0. The predicted molar refractivity (Wildman–Crippen MR) is 60.6 cm³/mol. The van der Waals surface area contributed by atoms with Gasteiger partial charge in [-0.05, 0) is 12.1 Å². The number of hydrogen-bond acceptors (Lipinski definition) is 3. The summed E-state index contributed by atoms with van der Waals surface area (Å²) < 4.78 is 0. The third kappa shape index (κ3) is 4.58. The smallest absolute Gasteiger partial charge is 0.304 e. The Morgan fingerprint density at radius 1 is 1.56 bits per heavy atom. The molecule has 0 amide bonds. The molecule has 16 heavy (non-hydrogen) atoms. The Labute approximate surface area is 94.9 Å². The van der Waals surface area contributed by atoms with Gasteiger partial charge >= 0.3 is 5.97 Å². The Morgan fingerprint density at radius 3 is 2.94 bits per heavy atom. The summed E-state index contributed by atoms with van der Waals surface area (Å²) in [6.45, 7) is 1.46. The number of terminal acetylenes is 1. The van der Waals surface area contributed by atoms with Crippen molar-refractivity contribution in [2.24, 2.45) is 0 Å². The maximum absolute atomic E-state index is 10.5. The molecule has 0 spiro atoms. The van der Waals surface area contributed by atoms with Crippen LogP contribution in [0.1, 0.15) is 12.1 Å². The molecule has 0 atom stereocenters. The molecule has 4 nitrogen and oxygen atoms in total. The maximum atomic E-state index is 10.5. The molecule has 0 aliphatic rings. The second-order valence-corrected chi connectivity index (χ2v) is 3.38. The zero-order valence-electron chi connectivity index (χ0n) is 8.97.